The summed E-state index contributed by atoms with van der Waals surface area (Å²) in [4.78, 5) is 17.3. The number of anilines is 2. The SMILES string of the molecule is Clc1cccc(Nc2nccc(-c3cnc4ncccn34)n2)c1. The van der Waals surface area contributed by atoms with E-state index in [4.69, 9.17) is 11.6 Å². The Balaban J connectivity index is 1.71. The van der Waals surface area contributed by atoms with Crippen molar-refractivity contribution in [1.29, 1.82) is 0 Å². The van der Waals surface area contributed by atoms with Gasteiger partial charge in [0.05, 0.1) is 17.6 Å². The average molecular weight is 323 g/mol. The average Bonchev–Trinajstić information content (AvgIpc) is 2.99. The van der Waals surface area contributed by atoms with Gasteiger partial charge in [-0.15, -0.1) is 0 Å². The summed E-state index contributed by atoms with van der Waals surface area (Å²) in [7, 11) is 0. The summed E-state index contributed by atoms with van der Waals surface area (Å²) in [6.07, 6.45) is 7.05. The van der Waals surface area contributed by atoms with Crippen LogP contribution in [0, 0.1) is 0 Å². The molecule has 0 aliphatic rings. The van der Waals surface area contributed by atoms with Gasteiger partial charge in [0, 0.05) is 29.3 Å². The lowest BCUT2D eigenvalue weighted by Crippen LogP contribution is -1.99. The molecule has 0 spiro atoms. The zero-order valence-corrected chi connectivity index (χ0v) is 12.6. The lowest BCUT2D eigenvalue weighted by atomic mass is 10.3. The second-order valence-corrected chi connectivity index (χ2v) is 5.27. The second-order valence-electron chi connectivity index (χ2n) is 4.83. The molecule has 0 fully saturated rings. The first-order valence-electron chi connectivity index (χ1n) is 6.94. The van der Waals surface area contributed by atoms with Gasteiger partial charge in [0.15, 0.2) is 0 Å². The van der Waals surface area contributed by atoms with Crippen molar-refractivity contribution in [2.75, 3.05) is 5.32 Å². The first-order valence-corrected chi connectivity index (χ1v) is 7.31. The molecular weight excluding hydrogens is 312 g/mol. The normalized spacial score (nSPS) is 10.8. The molecule has 0 saturated heterocycles. The van der Waals surface area contributed by atoms with Crippen LogP contribution in [0.3, 0.4) is 0 Å². The minimum atomic E-state index is 0.489. The molecule has 0 aliphatic heterocycles. The van der Waals surface area contributed by atoms with Crippen molar-refractivity contribution in [3.8, 4) is 11.4 Å². The van der Waals surface area contributed by atoms with Crippen LogP contribution in [0.4, 0.5) is 11.6 Å². The molecule has 1 N–H and O–H groups in total. The van der Waals surface area contributed by atoms with E-state index < -0.39 is 0 Å². The van der Waals surface area contributed by atoms with Gasteiger partial charge in [0.2, 0.25) is 11.7 Å². The molecule has 7 heteroatoms. The van der Waals surface area contributed by atoms with Crippen LogP contribution in [0.2, 0.25) is 5.02 Å². The summed E-state index contributed by atoms with van der Waals surface area (Å²) in [5.74, 6) is 1.12. The Labute approximate surface area is 136 Å². The fraction of sp³-hybridized carbons (Fsp3) is 0. The third kappa shape index (κ3) is 2.72. The Hall–Kier alpha value is -2.99. The third-order valence-electron chi connectivity index (χ3n) is 3.29. The van der Waals surface area contributed by atoms with E-state index in [1.54, 1.807) is 18.6 Å². The predicted molar refractivity (Wildman–Crippen MR) is 88.7 cm³/mol. The largest absolute Gasteiger partial charge is 0.324 e. The van der Waals surface area contributed by atoms with Crippen molar-refractivity contribution in [2.24, 2.45) is 0 Å². The van der Waals surface area contributed by atoms with Crippen molar-refractivity contribution in [3.05, 3.63) is 66.2 Å². The standard InChI is InChI=1S/C16H11ClN6/c17-11-3-1-4-12(9-11)21-15-18-7-5-13(22-15)14-10-20-16-19-6-2-8-23(14)16/h1-10H,(H,18,21,22). The molecule has 0 saturated carbocycles. The van der Waals surface area contributed by atoms with Gasteiger partial charge in [0.1, 0.15) is 0 Å². The molecular formula is C16H11ClN6. The summed E-state index contributed by atoms with van der Waals surface area (Å²) in [6, 6.07) is 11.1. The van der Waals surface area contributed by atoms with Gasteiger partial charge in [-0.1, -0.05) is 17.7 Å². The third-order valence-corrected chi connectivity index (χ3v) is 3.52. The van der Waals surface area contributed by atoms with Gasteiger partial charge >= 0.3 is 0 Å². The van der Waals surface area contributed by atoms with E-state index in [2.05, 4.69) is 25.3 Å². The number of hydrogen-bond donors (Lipinski definition) is 1. The molecule has 0 unspecified atom stereocenters. The van der Waals surface area contributed by atoms with Crippen LogP contribution in [-0.4, -0.2) is 24.3 Å². The highest BCUT2D eigenvalue weighted by Gasteiger charge is 2.09. The maximum absolute atomic E-state index is 5.99. The van der Waals surface area contributed by atoms with E-state index in [1.165, 1.54) is 0 Å². The van der Waals surface area contributed by atoms with E-state index >= 15 is 0 Å². The number of nitrogens with one attached hydrogen (secondary N) is 1. The molecule has 0 aliphatic carbocycles. The van der Waals surface area contributed by atoms with Crippen LogP contribution in [0.1, 0.15) is 0 Å². The van der Waals surface area contributed by atoms with Crippen LogP contribution in [0.15, 0.2) is 61.2 Å². The van der Waals surface area contributed by atoms with E-state index in [1.807, 2.05) is 47.0 Å². The smallest absolute Gasteiger partial charge is 0.234 e. The Morgan fingerprint density at radius 3 is 2.87 bits per heavy atom. The van der Waals surface area contributed by atoms with Gasteiger partial charge in [-0.25, -0.2) is 19.9 Å². The summed E-state index contributed by atoms with van der Waals surface area (Å²) >= 11 is 5.99. The van der Waals surface area contributed by atoms with Crippen LogP contribution in [0.25, 0.3) is 17.2 Å². The van der Waals surface area contributed by atoms with Gasteiger partial charge in [0.25, 0.3) is 0 Å². The van der Waals surface area contributed by atoms with Gasteiger partial charge in [-0.3, -0.25) is 4.40 Å². The van der Waals surface area contributed by atoms with Gasteiger partial charge in [-0.05, 0) is 30.3 Å². The topological polar surface area (TPSA) is 68.0 Å². The first kappa shape index (κ1) is 13.7. The Morgan fingerprint density at radius 1 is 1.00 bits per heavy atom. The van der Waals surface area contributed by atoms with Crippen molar-refractivity contribution in [3.63, 3.8) is 0 Å². The quantitative estimate of drug-likeness (QED) is 0.624. The summed E-state index contributed by atoms with van der Waals surface area (Å²) in [6.45, 7) is 0. The van der Waals surface area contributed by atoms with Gasteiger partial charge in [-0.2, -0.15) is 0 Å². The molecule has 6 nitrogen and oxygen atoms in total. The molecule has 3 heterocycles. The predicted octanol–water partition coefficient (Wildman–Crippen LogP) is 3.58. The first-order chi connectivity index (χ1) is 11.3. The highest BCUT2D eigenvalue weighted by Crippen LogP contribution is 2.21. The van der Waals surface area contributed by atoms with E-state index in [0.29, 0.717) is 16.7 Å². The van der Waals surface area contributed by atoms with E-state index in [-0.39, 0.29) is 0 Å². The molecule has 0 amide bonds. The molecule has 0 radical (unpaired) electrons. The number of fused-ring (bicyclic) bond motifs is 1. The van der Waals surface area contributed by atoms with Crippen LogP contribution < -0.4 is 5.32 Å². The maximum atomic E-state index is 5.99. The number of nitrogens with zero attached hydrogens (tertiary/aromatic N) is 5. The lowest BCUT2D eigenvalue weighted by molar-refractivity contribution is 1.09. The van der Waals surface area contributed by atoms with E-state index in [0.717, 1.165) is 17.1 Å². The number of rotatable bonds is 3. The van der Waals surface area contributed by atoms with Crippen molar-refractivity contribution in [1.82, 2.24) is 24.3 Å². The minimum absolute atomic E-state index is 0.489. The molecule has 23 heavy (non-hydrogen) atoms. The molecule has 112 valence electrons. The van der Waals surface area contributed by atoms with Crippen molar-refractivity contribution >= 4 is 29.0 Å². The molecule has 4 rings (SSSR count). The lowest BCUT2D eigenvalue weighted by Gasteiger charge is -2.06. The zero-order valence-electron chi connectivity index (χ0n) is 11.9. The Morgan fingerprint density at radius 2 is 1.96 bits per heavy atom. The second kappa shape index (κ2) is 5.66. The summed E-state index contributed by atoms with van der Waals surface area (Å²) < 4.78 is 1.88. The fourth-order valence-electron chi connectivity index (χ4n) is 2.27. The summed E-state index contributed by atoms with van der Waals surface area (Å²) in [5, 5.41) is 3.80. The number of imidazole rings is 1. The van der Waals surface area contributed by atoms with E-state index in [9.17, 15) is 0 Å². The van der Waals surface area contributed by atoms with Crippen molar-refractivity contribution < 1.29 is 0 Å². The fourth-order valence-corrected chi connectivity index (χ4v) is 2.46. The number of benzene rings is 1. The van der Waals surface area contributed by atoms with Crippen LogP contribution in [0.5, 0.6) is 0 Å². The monoisotopic (exact) mass is 322 g/mol. The molecule has 0 atom stereocenters. The maximum Gasteiger partial charge on any atom is 0.234 e. The molecule has 3 aromatic heterocycles. The highest BCUT2D eigenvalue weighted by atomic mass is 35.5. The highest BCUT2D eigenvalue weighted by molar-refractivity contribution is 6.30. The van der Waals surface area contributed by atoms with Crippen LogP contribution in [-0.2, 0) is 0 Å². The molecule has 4 aromatic rings. The molecule has 1 aromatic carbocycles. The molecule has 0 bridgehead atoms. The summed E-state index contributed by atoms with van der Waals surface area (Å²) in [5.41, 5.74) is 2.43. The number of hydrogen-bond acceptors (Lipinski definition) is 5. The Bertz CT molecular complexity index is 981. The Kier molecular flexibility index (Phi) is 3.36. The minimum Gasteiger partial charge on any atom is -0.324 e. The van der Waals surface area contributed by atoms with Crippen molar-refractivity contribution in [2.45, 2.75) is 0 Å². The zero-order chi connectivity index (χ0) is 15.6. The number of halogens is 1. The van der Waals surface area contributed by atoms with Crippen LogP contribution >= 0.6 is 11.6 Å². The number of aromatic nitrogens is 5. The van der Waals surface area contributed by atoms with Gasteiger partial charge < -0.3 is 5.32 Å².